The third-order valence-electron chi connectivity index (χ3n) is 3.00. The molecule has 2 aliphatic rings. The van der Waals surface area contributed by atoms with E-state index >= 15 is 0 Å². The number of benzene rings is 1. The minimum Gasteiger partial charge on any atom is -0.0613 e. The lowest BCUT2D eigenvalue weighted by Crippen LogP contribution is -2.13. The summed E-state index contributed by atoms with van der Waals surface area (Å²) in [6, 6.07) is 4.59. The molecule has 0 fully saturated rings. The maximum atomic E-state index is 2.31. The molecule has 14 heavy (non-hydrogen) atoms. The van der Waals surface area contributed by atoms with E-state index in [1.807, 2.05) is 0 Å². The fourth-order valence-electron chi connectivity index (χ4n) is 2.20. The first-order chi connectivity index (χ1) is 6.88. The van der Waals surface area contributed by atoms with Crippen LogP contribution in [0.1, 0.15) is 24.5 Å². The van der Waals surface area contributed by atoms with Gasteiger partial charge in [0.15, 0.2) is 0 Å². The first-order valence-electron chi connectivity index (χ1n) is 5.12. The van der Waals surface area contributed by atoms with E-state index in [2.05, 4.69) is 49.4 Å². The molecule has 0 saturated heterocycles. The highest BCUT2D eigenvalue weighted by atomic mass is 14.1. The fraction of sp³-hybridized carbons (Fsp3) is 0.143. The SMILES string of the molecule is CCC1=CC=c2cc3c(cc21)=CC=C3. The molecular formula is C14H12. The predicted octanol–water partition coefficient (Wildman–Crippen LogP) is 2.08. The summed E-state index contributed by atoms with van der Waals surface area (Å²) >= 11 is 0. The Bertz CT molecular complexity index is 569. The van der Waals surface area contributed by atoms with Crippen molar-refractivity contribution in [2.45, 2.75) is 13.3 Å². The molecule has 0 heterocycles. The highest BCUT2D eigenvalue weighted by molar-refractivity contribution is 5.80. The largest absolute Gasteiger partial charge is 0.0613 e. The van der Waals surface area contributed by atoms with Gasteiger partial charge in [0.2, 0.25) is 0 Å². The second-order valence-corrected chi connectivity index (χ2v) is 3.81. The maximum absolute atomic E-state index is 2.31. The quantitative estimate of drug-likeness (QED) is 0.620. The van der Waals surface area contributed by atoms with Crippen LogP contribution in [0.15, 0.2) is 24.3 Å². The van der Waals surface area contributed by atoms with Gasteiger partial charge < -0.3 is 0 Å². The lowest BCUT2D eigenvalue weighted by molar-refractivity contribution is 1.24. The molecule has 0 atom stereocenters. The molecule has 0 nitrogen and oxygen atoms in total. The van der Waals surface area contributed by atoms with Crippen LogP contribution in [0, 0.1) is 0 Å². The van der Waals surface area contributed by atoms with E-state index in [9.17, 15) is 0 Å². The van der Waals surface area contributed by atoms with Gasteiger partial charge in [0, 0.05) is 0 Å². The third kappa shape index (κ3) is 0.941. The van der Waals surface area contributed by atoms with Gasteiger partial charge in [-0.2, -0.15) is 0 Å². The Hall–Kier alpha value is -1.56. The average molecular weight is 180 g/mol. The van der Waals surface area contributed by atoms with Gasteiger partial charge in [-0.25, -0.2) is 0 Å². The van der Waals surface area contributed by atoms with Gasteiger partial charge in [-0.15, -0.1) is 0 Å². The monoisotopic (exact) mass is 180 g/mol. The van der Waals surface area contributed by atoms with Crippen LogP contribution >= 0.6 is 0 Å². The summed E-state index contributed by atoms with van der Waals surface area (Å²) in [5.41, 5.74) is 4.24. The van der Waals surface area contributed by atoms with Crippen molar-refractivity contribution < 1.29 is 0 Å². The number of hydrogen-bond acceptors (Lipinski definition) is 0. The zero-order chi connectivity index (χ0) is 9.54. The van der Waals surface area contributed by atoms with E-state index in [0.29, 0.717) is 0 Å². The van der Waals surface area contributed by atoms with E-state index in [4.69, 9.17) is 0 Å². The van der Waals surface area contributed by atoms with E-state index in [1.54, 1.807) is 0 Å². The van der Waals surface area contributed by atoms with Crippen LogP contribution in [-0.2, 0) is 0 Å². The molecule has 0 aliphatic heterocycles. The third-order valence-corrected chi connectivity index (χ3v) is 3.00. The molecule has 0 bridgehead atoms. The Morgan fingerprint density at radius 1 is 1.00 bits per heavy atom. The molecule has 1 aromatic rings. The molecule has 0 amide bonds. The van der Waals surface area contributed by atoms with Crippen LogP contribution in [0.3, 0.4) is 0 Å². The Labute approximate surface area is 83.6 Å². The van der Waals surface area contributed by atoms with Crippen molar-refractivity contribution in [1.29, 1.82) is 0 Å². The molecule has 0 saturated carbocycles. The number of rotatable bonds is 1. The summed E-state index contributed by atoms with van der Waals surface area (Å²) in [6.07, 6.45) is 12.1. The molecule has 1 aromatic carbocycles. The maximum Gasteiger partial charge on any atom is -0.0146 e. The molecule has 2 aliphatic carbocycles. The molecule has 3 rings (SSSR count). The number of allylic oxidation sites excluding steroid dienone is 3. The van der Waals surface area contributed by atoms with Gasteiger partial charge in [0.05, 0.1) is 0 Å². The average Bonchev–Trinajstić information content (AvgIpc) is 2.78. The Balaban J connectivity index is 2.32. The summed E-state index contributed by atoms with van der Waals surface area (Å²) in [5.74, 6) is 0. The topological polar surface area (TPSA) is 0 Å². The van der Waals surface area contributed by atoms with Gasteiger partial charge in [-0.05, 0) is 45.7 Å². The lowest BCUT2D eigenvalue weighted by atomic mass is 10.0. The van der Waals surface area contributed by atoms with Crippen molar-refractivity contribution in [3.63, 3.8) is 0 Å². The predicted molar refractivity (Wildman–Crippen MR) is 61.9 cm³/mol. The van der Waals surface area contributed by atoms with Gasteiger partial charge in [-0.1, -0.05) is 37.3 Å². The summed E-state index contributed by atoms with van der Waals surface area (Å²) in [7, 11) is 0. The summed E-state index contributed by atoms with van der Waals surface area (Å²) in [5, 5.41) is 2.74. The van der Waals surface area contributed by atoms with E-state index in [1.165, 1.54) is 27.1 Å². The van der Waals surface area contributed by atoms with Gasteiger partial charge in [-0.3, -0.25) is 0 Å². The summed E-state index contributed by atoms with van der Waals surface area (Å²) in [6.45, 7) is 2.21. The number of fused-ring (bicyclic) bond motifs is 2. The lowest BCUT2D eigenvalue weighted by Gasteiger charge is -2.02. The smallest absolute Gasteiger partial charge is 0.0146 e. The minimum absolute atomic E-state index is 1.12. The normalized spacial score (nSPS) is 15.6. The van der Waals surface area contributed by atoms with Crippen molar-refractivity contribution in [3.05, 3.63) is 45.8 Å². The van der Waals surface area contributed by atoms with Gasteiger partial charge in [0.1, 0.15) is 0 Å². The molecular weight excluding hydrogens is 168 g/mol. The molecule has 0 N–H and O–H groups in total. The highest BCUT2D eigenvalue weighted by Crippen LogP contribution is 2.18. The van der Waals surface area contributed by atoms with Crippen LogP contribution in [-0.4, -0.2) is 0 Å². The van der Waals surface area contributed by atoms with Crippen LogP contribution in [0.5, 0.6) is 0 Å². The van der Waals surface area contributed by atoms with Crippen LogP contribution in [0.2, 0.25) is 0 Å². The summed E-state index contributed by atoms with van der Waals surface area (Å²) in [4.78, 5) is 0. The van der Waals surface area contributed by atoms with E-state index < -0.39 is 0 Å². The molecule has 0 heteroatoms. The Kier molecular flexibility index (Phi) is 1.51. The number of hydrogen-bond donors (Lipinski definition) is 0. The minimum atomic E-state index is 1.12. The standard InChI is InChI=1S/C14H12/c1-2-10-6-7-13-8-11-4-3-5-12(11)9-14(10)13/h3-9H,2H2,1H3. The Morgan fingerprint density at radius 2 is 1.93 bits per heavy atom. The Morgan fingerprint density at radius 3 is 2.79 bits per heavy atom. The first-order valence-corrected chi connectivity index (χ1v) is 5.12. The van der Waals surface area contributed by atoms with Crippen molar-refractivity contribution >= 4 is 23.8 Å². The summed E-state index contributed by atoms with van der Waals surface area (Å²) < 4.78 is 0. The van der Waals surface area contributed by atoms with Crippen molar-refractivity contribution in [2.24, 2.45) is 0 Å². The second-order valence-electron chi connectivity index (χ2n) is 3.81. The molecule has 68 valence electrons. The van der Waals surface area contributed by atoms with Crippen LogP contribution < -0.4 is 10.4 Å². The van der Waals surface area contributed by atoms with Crippen LogP contribution in [0.25, 0.3) is 23.8 Å². The van der Waals surface area contributed by atoms with Crippen molar-refractivity contribution in [3.8, 4) is 0 Å². The molecule has 0 radical (unpaired) electrons. The highest BCUT2D eigenvalue weighted by Gasteiger charge is 2.08. The van der Waals surface area contributed by atoms with Gasteiger partial charge in [0.25, 0.3) is 0 Å². The molecule has 0 unspecified atom stereocenters. The van der Waals surface area contributed by atoms with E-state index in [0.717, 1.165) is 6.42 Å². The van der Waals surface area contributed by atoms with E-state index in [-0.39, 0.29) is 0 Å². The van der Waals surface area contributed by atoms with Crippen LogP contribution in [0.4, 0.5) is 0 Å². The zero-order valence-corrected chi connectivity index (χ0v) is 8.25. The van der Waals surface area contributed by atoms with Crippen molar-refractivity contribution in [1.82, 2.24) is 0 Å². The fourth-order valence-corrected chi connectivity index (χ4v) is 2.20. The second kappa shape index (κ2) is 2.71. The molecule has 0 spiro atoms. The first kappa shape index (κ1) is 7.81. The molecule has 0 aromatic heterocycles. The van der Waals surface area contributed by atoms with Crippen molar-refractivity contribution in [2.75, 3.05) is 0 Å². The van der Waals surface area contributed by atoms with Gasteiger partial charge >= 0.3 is 0 Å². The zero-order valence-electron chi connectivity index (χ0n) is 8.25.